The molecule has 0 unspecified atom stereocenters. The lowest BCUT2D eigenvalue weighted by Gasteiger charge is -2.36. The van der Waals surface area contributed by atoms with E-state index in [9.17, 15) is 8.78 Å². The summed E-state index contributed by atoms with van der Waals surface area (Å²) in [6, 6.07) is 11.7. The number of halogens is 2. The first kappa shape index (κ1) is 12.1. The normalized spacial score (nSPS) is 21.8. The van der Waals surface area contributed by atoms with E-state index in [2.05, 4.69) is 10.3 Å². The maximum absolute atomic E-state index is 13.1. The molecule has 1 aliphatic carbocycles. The van der Waals surface area contributed by atoms with Gasteiger partial charge in [-0.2, -0.15) is 4.39 Å². The molecule has 1 fully saturated rings. The minimum atomic E-state index is -0.481. The van der Waals surface area contributed by atoms with E-state index in [0.717, 1.165) is 18.4 Å². The van der Waals surface area contributed by atoms with Crippen molar-refractivity contribution in [1.29, 1.82) is 0 Å². The molecule has 0 saturated heterocycles. The highest BCUT2D eigenvalue weighted by Gasteiger charge is 2.30. The van der Waals surface area contributed by atoms with Gasteiger partial charge in [-0.25, -0.2) is 9.37 Å². The molecule has 0 radical (unpaired) electrons. The fourth-order valence-corrected chi connectivity index (χ4v) is 2.47. The second-order valence-electron chi connectivity index (χ2n) is 4.91. The van der Waals surface area contributed by atoms with Gasteiger partial charge in [0.2, 0.25) is 5.95 Å². The molecule has 0 spiro atoms. The largest absolute Gasteiger partial charge is 0.367 e. The van der Waals surface area contributed by atoms with Crippen molar-refractivity contribution in [3.05, 3.63) is 59.8 Å². The standard InChI is InChI=1S/C15H14F2N2/c16-12-4-1-3-10(7-12)11-8-13(9-11)18-15-6-2-5-14(17)19-15/h1-7,11,13H,8-9H2,(H,18,19). The Balaban J connectivity index is 1.58. The summed E-state index contributed by atoms with van der Waals surface area (Å²) in [5.41, 5.74) is 1.03. The number of nitrogens with one attached hydrogen (secondary N) is 1. The first-order valence-electron chi connectivity index (χ1n) is 6.35. The van der Waals surface area contributed by atoms with Crippen molar-refractivity contribution in [3.8, 4) is 0 Å². The van der Waals surface area contributed by atoms with Crippen LogP contribution in [-0.2, 0) is 0 Å². The van der Waals surface area contributed by atoms with E-state index in [0.29, 0.717) is 11.7 Å². The number of rotatable bonds is 3. The van der Waals surface area contributed by atoms with Crippen LogP contribution in [0.1, 0.15) is 24.3 Å². The lowest BCUT2D eigenvalue weighted by atomic mass is 9.76. The van der Waals surface area contributed by atoms with Gasteiger partial charge < -0.3 is 5.32 Å². The summed E-state index contributed by atoms with van der Waals surface area (Å²) in [4.78, 5) is 3.77. The Morgan fingerprint density at radius 2 is 1.84 bits per heavy atom. The average molecular weight is 260 g/mol. The van der Waals surface area contributed by atoms with Gasteiger partial charge in [0.15, 0.2) is 0 Å². The minimum absolute atomic E-state index is 0.194. The van der Waals surface area contributed by atoms with Crippen molar-refractivity contribution in [2.75, 3.05) is 5.32 Å². The average Bonchev–Trinajstić information content (AvgIpc) is 2.33. The first-order valence-corrected chi connectivity index (χ1v) is 6.35. The third-order valence-electron chi connectivity index (χ3n) is 3.53. The molecule has 1 aromatic heterocycles. The number of pyridine rings is 1. The van der Waals surface area contributed by atoms with Crippen LogP contribution in [0, 0.1) is 11.8 Å². The molecular formula is C15H14F2N2. The molecule has 1 heterocycles. The van der Waals surface area contributed by atoms with E-state index in [1.165, 1.54) is 12.1 Å². The number of anilines is 1. The topological polar surface area (TPSA) is 24.9 Å². The number of hydrogen-bond acceptors (Lipinski definition) is 2. The van der Waals surface area contributed by atoms with Crippen molar-refractivity contribution in [2.24, 2.45) is 0 Å². The van der Waals surface area contributed by atoms with Crippen molar-refractivity contribution in [3.63, 3.8) is 0 Å². The Labute approximate surface area is 110 Å². The maximum Gasteiger partial charge on any atom is 0.214 e. The van der Waals surface area contributed by atoms with E-state index in [1.807, 2.05) is 6.07 Å². The zero-order chi connectivity index (χ0) is 13.2. The second-order valence-corrected chi connectivity index (χ2v) is 4.91. The summed E-state index contributed by atoms with van der Waals surface area (Å²) in [6.45, 7) is 0. The second kappa shape index (κ2) is 4.96. The summed E-state index contributed by atoms with van der Waals surface area (Å²) in [7, 11) is 0. The van der Waals surface area contributed by atoms with E-state index < -0.39 is 5.95 Å². The zero-order valence-electron chi connectivity index (χ0n) is 10.3. The van der Waals surface area contributed by atoms with Gasteiger partial charge in [0.05, 0.1) is 0 Å². The molecule has 0 bridgehead atoms. The predicted molar refractivity (Wildman–Crippen MR) is 70.0 cm³/mol. The van der Waals surface area contributed by atoms with Crippen LogP contribution in [0.3, 0.4) is 0 Å². The van der Waals surface area contributed by atoms with E-state index >= 15 is 0 Å². The summed E-state index contributed by atoms with van der Waals surface area (Å²) >= 11 is 0. The van der Waals surface area contributed by atoms with Crippen LogP contribution in [0.15, 0.2) is 42.5 Å². The highest BCUT2D eigenvalue weighted by atomic mass is 19.1. The molecule has 1 N–H and O–H groups in total. The number of nitrogens with zero attached hydrogens (tertiary/aromatic N) is 1. The van der Waals surface area contributed by atoms with Crippen molar-refractivity contribution >= 4 is 5.82 Å². The van der Waals surface area contributed by atoms with Gasteiger partial charge in [0.1, 0.15) is 11.6 Å². The molecule has 19 heavy (non-hydrogen) atoms. The van der Waals surface area contributed by atoms with Crippen molar-refractivity contribution < 1.29 is 8.78 Å². The Hall–Kier alpha value is -1.97. The lowest BCUT2D eigenvalue weighted by Crippen LogP contribution is -2.34. The molecule has 4 heteroatoms. The molecule has 1 aliphatic rings. The summed E-state index contributed by atoms with van der Waals surface area (Å²) in [6.07, 6.45) is 1.84. The highest BCUT2D eigenvalue weighted by Crippen LogP contribution is 2.38. The van der Waals surface area contributed by atoms with E-state index in [1.54, 1.807) is 24.3 Å². The lowest BCUT2D eigenvalue weighted by molar-refractivity contribution is 0.372. The number of hydrogen-bond donors (Lipinski definition) is 1. The predicted octanol–water partition coefficient (Wildman–Crippen LogP) is 3.72. The monoisotopic (exact) mass is 260 g/mol. The molecular weight excluding hydrogens is 246 g/mol. The molecule has 2 aromatic rings. The smallest absolute Gasteiger partial charge is 0.214 e. The van der Waals surface area contributed by atoms with Crippen LogP contribution >= 0.6 is 0 Å². The maximum atomic E-state index is 13.1. The molecule has 2 nitrogen and oxygen atoms in total. The van der Waals surface area contributed by atoms with Crippen LogP contribution in [0.2, 0.25) is 0 Å². The van der Waals surface area contributed by atoms with Crippen LogP contribution in [0.5, 0.6) is 0 Å². The molecule has 1 aromatic carbocycles. The van der Waals surface area contributed by atoms with Gasteiger partial charge in [-0.3, -0.25) is 0 Å². The Morgan fingerprint density at radius 1 is 1.05 bits per heavy atom. The summed E-state index contributed by atoms with van der Waals surface area (Å²) in [5, 5.41) is 3.19. The highest BCUT2D eigenvalue weighted by molar-refractivity contribution is 5.37. The summed E-state index contributed by atoms with van der Waals surface area (Å²) in [5.74, 6) is 0.260. The van der Waals surface area contributed by atoms with E-state index in [-0.39, 0.29) is 11.9 Å². The molecule has 98 valence electrons. The molecule has 0 atom stereocenters. The third kappa shape index (κ3) is 2.72. The minimum Gasteiger partial charge on any atom is -0.367 e. The van der Waals surface area contributed by atoms with Gasteiger partial charge in [0.25, 0.3) is 0 Å². The van der Waals surface area contributed by atoms with Crippen molar-refractivity contribution in [2.45, 2.75) is 24.8 Å². The van der Waals surface area contributed by atoms with Gasteiger partial charge in [-0.05, 0) is 48.6 Å². The first-order chi connectivity index (χ1) is 9.20. The van der Waals surface area contributed by atoms with Gasteiger partial charge in [-0.15, -0.1) is 0 Å². The number of benzene rings is 1. The summed E-state index contributed by atoms with van der Waals surface area (Å²) < 4.78 is 26.0. The SMILES string of the molecule is Fc1cccc(C2CC(Nc3cccc(F)n3)C2)c1. The van der Waals surface area contributed by atoms with Crippen LogP contribution in [0.4, 0.5) is 14.6 Å². The van der Waals surface area contributed by atoms with Crippen LogP contribution in [-0.4, -0.2) is 11.0 Å². The third-order valence-corrected chi connectivity index (χ3v) is 3.53. The van der Waals surface area contributed by atoms with Crippen molar-refractivity contribution in [1.82, 2.24) is 4.98 Å². The zero-order valence-corrected chi connectivity index (χ0v) is 10.3. The molecule has 1 saturated carbocycles. The van der Waals surface area contributed by atoms with Gasteiger partial charge in [0, 0.05) is 6.04 Å². The van der Waals surface area contributed by atoms with Crippen LogP contribution < -0.4 is 5.32 Å². The molecule has 0 amide bonds. The van der Waals surface area contributed by atoms with Crippen LogP contribution in [0.25, 0.3) is 0 Å². The van der Waals surface area contributed by atoms with Gasteiger partial charge in [-0.1, -0.05) is 18.2 Å². The quantitative estimate of drug-likeness (QED) is 0.851. The van der Waals surface area contributed by atoms with Gasteiger partial charge >= 0.3 is 0 Å². The molecule has 3 rings (SSSR count). The number of aromatic nitrogens is 1. The molecule has 0 aliphatic heterocycles. The van der Waals surface area contributed by atoms with E-state index in [4.69, 9.17) is 0 Å². The Bertz CT molecular complexity index is 580. The fraction of sp³-hybridized carbons (Fsp3) is 0.267. The Kier molecular flexibility index (Phi) is 3.15. The fourth-order valence-electron chi connectivity index (χ4n) is 2.47. The Morgan fingerprint density at radius 3 is 2.58 bits per heavy atom.